The number of hydrogen-bond acceptors (Lipinski definition) is 5. The fourth-order valence-corrected chi connectivity index (χ4v) is 5.97. The van der Waals surface area contributed by atoms with Crippen LogP contribution in [0, 0.1) is 10.1 Å². The van der Waals surface area contributed by atoms with Crippen molar-refractivity contribution in [3.05, 3.63) is 97.0 Å². The van der Waals surface area contributed by atoms with Gasteiger partial charge in [0.15, 0.2) is 0 Å². The third-order valence-electron chi connectivity index (χ3n) is 7.72. The number of anilines is 1. The van der Waals surface area contributed by atoms with Crippen molar-refractivity contribution in [2.24, 2.45) is 0 Å². The highest BCUT2D eigenvalue weighted by molar-refractivity contribution is 9.10. The Morgan fingerprint density at radius 3 is 2.02 bits per heavy atom. The van der Waals surface area contributed by atoms with Crippen molar-refractivity contribution in [1.29, 1.82) is 0 Å². The summed E-state index contributed by atoms with van der Waals surface area (Å²) in [5, 5.41) is 13.8. The van der Waals surface area contributed by atoms with Crippen LogP contribution in [0.15, 0.2) is 65.1 Å². The zero-order valence-electron chi connectivity index (χ0n) is 26.1. The first-order valence-electron chi connectivity index (χ1n) is 16.1. The number of rotatable bonds is 20. The minimum Gasteiger partial charge on any atom is -0.425 e. The maximum atomic E-state index is 13.5. The van der Waals surface area contributed by atoms with Crippen LogP contribution in [0.25, 0.3) is 0 Å². The zero-order chi connectivity index (χ0) is 32.4. The van der Waals surface area contributed by atoms with Gasteiger partial charge in [0.25, 0.3) is 11.6 Å². The molecule has 0 heterocycles. The molecule has 3 aromatic rings. The molecule has 0 saturated heterocycles. The molecule has 45 heavy (non-hydrogen) atoms. The summed E-state index contributed by atoms with van der Waals surface area (Å²) in [5.74, 6) is -0.750. The van der Waals surface area contributed by atoms with Gasteiger partial charge in [-0.1, -0.05) is 142 Å². The van der Waals surface area contributed by atoms with Crippen LogP contribution in [-0.4, -0.2) is 16.8 Å². The Labute approximate surface area is 280 Å². The predicted octanol–water partition coefficient (Wildman–Crippen LogP) is 11.2. The lowest BCUT2D eigenvalue weighted by molar-refractivity contribution is -0.384. The molecule has 242 valence electrons. The molecule has 0 bridgehead atoms. The van der Waals surface area contributed by atoms with E-state index in [1.54, 1.807) is 6.07 Å². The van der Waals surface area contributed by atoms with Crippen LogP contribution < -0.4 is 10.1 Å². The fourth-order valence-electron chi connectivity index (χ4n) is 5.25. The van der Waals surface area contributed by atoms with Gasteiger partial charge >= 0.3 is 5.97 Å². The van der Waals surface area contributed by atoms with E-state index in [0.717, 1.165) is 24.8 Å². The molecular formula is C36H44BrClN2O5. The summed E-state index contributed by atoms with van der Waals surface area (Å²) in [5.41, 5.74) is 1.85. The summed E-state index contributed by atoms with van der Waals surface area (Å²) in [6.45, 7) is 2.25. The topological polar surface area (TPSA) is 98.5 Å². The van der Waals surface area contributed by atoms with Crippen molar-refractivity contribution >= 4 is 50.8 Å². The number of carbonyl (C=O) groups excluding carboxylic acids is 2. The van der Waals surface area contributed by atoms with E-state index in [1.165, 1.54) is 82.4 Å². The number of carbonyl (C=O) groups is 2. The number of esters is 1. The number of nitrogens with zero attached hydrogens (tertiary/aromatic N) is 1. The van der Waals surface area contributed by atoms with Gasteiger partial charge in [-0.25, -0.2) is 0 Å². The molecule has 0 saturated carbocycles. The number of ether oxygens (including phenoxy) is 1. The first-order chi connectivity index (χ1) is 21.8. The Balaban J connectivity index is 1.60. The second-order valence-electron chi connectivity index (χ2n) is 11.4. The van der Waals surface area contributed by atoms with Crippen LogP contribution in [0.4, 0.5) is 11.4 Å². The van der Waals surface area contributed by atoms with E-state index in [0.29, 0.717) is 16.5 Å². The molecule has 0 radical (unpaired) electrons. The number of hydrogen-bond donors (Lipinski definition) is 1. The lowest BCUT2D eigenvalue weighted by Gasteiger charge is -2.16. The largest absolute Gasteiger partial charge is 0.425 e. The minimum atomic E-state index is -0.559. The first kappa shape index (κ1) is 36.2. The van der Waals surface area contributed by atoms with Crippen molar-refractivity contribution in [3.63, 3.8) is 0 Å². The van der Waals surface area contributed by atoms with Gasteiger partial charge in [-0.05, 0) is 30.2 Å². The van der Waals surface area contributed by atoms with Crippen molar-refractivity contribution in [2.75, 3.05) is 5.32 Å². The normalized spacial score (nSPS) is 10.9. The number of nitrogens with one attached hydrogen (secondary N) is 1. The van der Waals surface area contributed by atoms with Crippen LogP contribution in [-0.2, 0) is 11.2 Å². The summed E-state index contributed by atoms with van der Waals surface area (Å²) in [6.07, 6.45) is 16.5. The highest BCUT2D eigenvalue weighted by Gasteiger charge is 2.22. The Bertz CT molecular complexity index is 1400. The van der Waals surface area contributed by atoms with Gasteiger partial charge in [-0.3, -0.25) is 19.7 Å². The van der Waals surface area contributed by atoms with Gasteiger partial charge in [0.2, 0.25) is 0 Å². The first-order valence-corrected chi connectivity index (χ1v) is 17.3. The van der Waals surface area contributed by atoms with Crippen molar-refractivity contribution in [1.82, 2.24) is 0 Å². The van der Waals surface area contributed by atoms with E-state index in [-0.39, 0.29) is 34.1 Å². The maximum absolute atomic E-state index is 13.5. The molecule has 1 amide bonds. The highest BCUT2D eigenvalue weighted by Crippen LogP contribution is 2.33. The third kappa shape index (κ3) is 13.0. The van der Waals surface area contributed by atoms with Crippen LogP contribution >= 0.6 is 27.5 Å². The van der Waals surface area contributed by atoms with E-state index in [9.17, 15) is 19.7 Å². The minimum absolute atomic E-state index is 0.0259. The maximum Gasteiger partial charge on any atom is 0.311 e. The van der Waals surface area contributed by atoms with Crippen LogP contribution in [0.2, 0.25) is 5.02 Å². The SMILES string of the molecule is CCCCCCCCCCCCCCCC(=O)Oc1c(Cc2ccccc2)cc(Br)cc1C(=O)Nc1ccc([N+](=O)[O-])cc1Cl. The van der Waals surface area contributed by atoms with Crippen molar-refractivity contribution in [3.8, 4) is 5.75 Å². The Hall–Kier alpha value is -3.23. The lowest BCUT2D eigenvalue weighted by atomic mass is 10.0. The average Bonchev–Trinajstić information content (AvgIpc) is 3.02. The number of amides is 1. The van der Waals surface area contributed by atoms with Gasteiger partial charge in [-0.2, -0.15) is 0 Å². The molecule has 0 aliphatic heterocycles. The third-order valence-corrected chi connectivity index (χ3v) is 8.50. The molecule has 0 aliphatic rings. The monoisotopic (exact) mass is 698 g/mol. The predicted molar refractivity (Wildman–Crippen MR) is 185 cm³/mol. The van der Waals surface area contributed by atoms with Gasteiger partial charge in [0, 0.05) is 35.0 Å². The average molecular weight is 700 g/mol. The number of non-ortho nitro benzene ring substituents is 1. The van der Waals surface area contributed by atoms with E-state index >= 15 is 0 Å². The number of unbranched alkanes of at least 4 members (excludes halogenated alkanes) is 12. The summed E-state index contributed by atoms with van der Waals surface area (Å²) < 4.78 is 6.55. The molecule has 0 aliphatic carbocycles. The van der Waals surface area contributed by atoms with Crippen LogP contribution in [0.5, 0.6) is 5.75 Å². The van der Waals surface area contributed by atoms with E-state index in [2.05, 4.69) is 28.2 Å². The quantitative estimate of drug-likeness (QED) is 0.0416. The molecule has 0 aromatic heterocycles. The second-order valence-corrected chi connectivity index (χ2v) is 12.8. The molecule has 0 atom stereocenters. The molecule has 0 unspecified atom stereocenters. The van der Waals surface area contributed by atoms with E-state index in [4.69, 9.17) is 16.3 Å². The van der Waals surface area contributed by atoms with Crippen LogP contribution in [0.1, 0.15) is 118 Å². The smallest absolute Gasteiger partial charge is 0.311 e. The van der Waals surface area contributed by atoms with E-state index < -0.39 is 16.8 Å². The molecular weight excluding hydrogens is 656 g/mol. The summed E-state index contributed by atoms with van der Waals surface area (Å²) in [4.78, 5) is 37.1. The molecule has 3 rings (SSSR count). The molecule has 7 nitrogen and oxygen atoms in total. The highest BCUT2D eigenvalue weighted by atomic mass is 79.9. The number of benzene rings is 3. The molecule has 1 N–H and O–H groups in total. The number of nitro groups is 1. The van der Waals surface area contributed by atoms with Gasteiger partial charge in [-0.15, -0.1) is 0 Å². The Kier molecular flexibility index (Phi) is 16.1. The zero-order valence-corrected chi connectivity index (χ0v) is 28.5. The van der Waals surface area contributed by atoms with Gasteiger partial charge < -0.3 is 10.1 Å². The summed E-state index contributed by atoms with van der Waals surface area (Å²) in [6, 6.07) is 17.0. The standard InChI is InChI=1S/C36H44BrClN2O5/c1-2-3-4-5-6-7-8-9-10-11-12-13-17-20-34(41)45-35-28(23-27-18-15-14-16-19-27)24-29(37)25-31(35)36(42)39-33-22-21-30(40(43)44)26-32(33)38/h14-16,18-19,21-22,24-26H,2-13,17,20,23H2,1H3,(H,39,42). The molecule has 3 aromatic carbocycles. The Morgan fingerprint density at radius 1 is 0.844 bits per heavy atom. The number of halogens is 2. The van der Waals surface area contributed by atoms with E-state index in [1.807, 2.05) is 36.4 Å². The molecule has 0 spiro atoms. The molecule has 9 heteroatoms. The Morgan fingerprint density at radius 2 is 1.44 bits per heavy atom. The number of nitro benzene ring substituents is 1. The van der Waals surface area contributed by atoms with Gasteiger partial charge in [0.1, 0.15) is 5.75 Å². The second kappa shape index (κ2) is 20.0. The molecule has 0 fully saturated rings. The van der Waals surface area contributed by atoms with Crippen molar-refractivity contribution in [2.45, 2.75) is 103 Å². The fraction of sp³-hybridized carbons (Fsp3) is 0.444. The summed E-state index contributed by atoms with van der Waals surface area (Å²) >= 11 is 9.73. The lowest BCUT2D eigenvalue weighted by Crippen LogP contribution is -2.18. The van der Waals surface area contributed by atoms with Crippen LogP contribution in [0.3, 0.4) is 0 Å². The van der Waals surface area contributed by atoms with Gasteiger partial charge in [0.05, 0.1) is 21.2 Å². The van der Waals surface area contributed by atoms with Crippen molar-refractivity contribution < 1.29 is 19.2 Å². The summed E-state index contributed by atoms with van der Waals surface area (Å²) in [7, 11) is 0.